The predicted molar refractivity (Wildman–Crippen MR) is 115 cm³/mol. The molecule has 7 nitrogen and oxygen atoms in total. The van der Waals surface area contributed by atoms with Crippen LogP contribution in [0, 0.1) is 13.8 Å². The predicted octanol–water partition coefficient (Wildman–Crippen LogP) is 4.17. The number of carbonyl (C=O) groups is 2. The Bertz CT molecular complexity index is 1090. The minimum Gasteiger partial charge on any atom is -0.326 e. The van der Waals surface area contributed by atoms with Crippen molar-refractivity contribution < 1.29 is 9.59 Å². The molecule has 2 aromatic heterocycles. The third kappa shape index (κ3) is 4.10. The van der Waals surface area contributed by atoms with Crippen molar-refractivity contribution in [3.05, 3.63) is 52.6 Å². The molecule has 1 fully saturated rings. The van der Waals surface area contributed by atoms with E-state index in [0.717, 1.165) is 35.6 Å². The van der Waals surface area contributed by atoms with Crippen LogP contribution < -0.4 is 5.32 Å². The van der Waals surface area contributed by atoms with Crippen LogP contribution in [0.4, 0.5) is 5.69 Å². The van der Waals surface area contributed by atoms with Gasteiger partial charge in [-0.25, -0.2) is 9.50 Å². The maximum atomic E-state index is 12.6. The van der Waals surface area contributed by atoms with E-state index < -0.39 is 0 Å². The molecule has 30 heavy (non-hydrogen) atoms. The second kappa shape index (κ2) is 8.34. The number of aryl methyl sites for hydroxylation is 2. The van der Waals surface area contributed by atoms with E-state index in [2.05, 4.69) is 15.3 Å². The summed E-state index contributed by atoms with van der Waals surface area (Å²) >= 11 is 0. The minimum atomic E-state index is -0.134. The fourth-order valence-electron chi connectivity index (χ4n) is 4.17. The van der Waals surface area contributed by atoms with Gasteiger partial charge in [0.2, 0.25) is 5.91 Å². The van der Waals surface area contributed by atoms with Crippen LogP contribution in [0.5, 0.6) is 0 Å². The Morgan fingerprint density at radius 1 is 1.07 bits per heavy atom. The van der Waals surface area contributed by atoms with E-state index in [1.165, 1.54) is 26.2 Å². The van der Waals surface area contributed by atoms with Crippen molar-refractivity contribution in [3.8, 4) is 0 Å². The molecule has 0 unspecified atom stereocenters. The number of amides is 1. The lowest BCUT2D eigenvalue weighted by Crippen LogP contribution is -2.17. The molecule has 4 rings (SSSR count). The van der Waals surface area contributed by atoms with Gasteiger partial charge in [0.25, 0.3) is 5.78 Å². The summed E-state index contributed by atoms with van der Waals surface area (Å²) in [6.45, 7) is 5.39. The summed E-state index contributed by atoms with van der Waals surface area (Å²) in [5.74, 6) is 1.75. The van der Waals surface area contributed by atoms with E-state index in [0.29, 0.717) is 22.9 Å². The summed E-state index contributed by atoms with van der Waals surface area (Å²) < 4.78 is 1.78. The molecule has 156 valence electrons. The van der Waals surface area contributed by atoms with E-state index >= 15 is 0 Å². The highest BCUT2D eigenvalue weighted by atomic mass is 16.1. The average Bonchev–Trinajstić information content (AvgIpc) is 3.16. The first-order valence-corrected chi connectivity index (χ1v) is 10.6. The van der Waals surface area contributed by atoms with E-state index in [4.69, 9.17) is 5.10 Å². The van der Waals surface area contributed by atoms with Gasteiger partial charge in [0.1, 0.15) is 0 Å². The van der Waals surface area contributed by atoms with Crippen molar-refractivity contribution in [2.24, 2.45) is 0 Å². The van der Waals surface area contributed by atoms with Crippen LogP contribution in [0.3, 0.4) is 0 Å². The lowest BCUT2D eigenvalue weighted by atomic mass is 9.89. The van der Waals surface area contributed by atoms with Crippen LogP contribution in [0.2, 0.25) is 0 Å². The molecule has 1 aliphatic rings. The molecule has 1 amide bonds. The first-order chi connectivity index (χ1) is 14.4. The van der Waals surface area contributed by atoms with E-state index in [1.807, 2.05) is 13.8 Å². The van der Waals surface area contributed by atoms with Crippen molar-refractivity contribution >= 4 is 23.2 Å². The van der Waals surface area contributed by atoms with Crippen molar-refractivity contribution in [2.45, 2.75) is 65.2 Å². The molecule has 0 spiro atoms. The first kappa shape index (κ1) is 20.2. The molecular formula is C23H27N5O2. The third-order valence-corrected chi connectivity index (χ3v) is 5.95. The molecule has 1 saturated carbocycles. The van der Waals surface area contributed by atoms with Gasteiger partial charge >= 0.3 is 0 Å². The molecule has 1 aromatic carbocycles. The molecule has 7 heteroatoms. The Kier molecular flexibility index (Phi) is 5.61. The Hall–Kier alpha value is -3.09. The van der Waals surface area contributed by atoms with E-state index in [1.54, 1.807) is 28.8 Å². The smallest absolute Gasteiger partial charge is 0.252 e. The molecule has 1 N–H and O–H groups in total. The second-order valence-corrected chi connectivity index (χ2v) is 8.14. The van der Waals surface area contributed by atoms with E-state index in [-0.39, 0.29) is 18.1 Å². The van der Waals surface area contributed by atoms with Gasteiger partial charge in [-0.2, -0.15) is 4.98 Å². The monoisotopic (exact) mass is 405 g/mol. The molecule has 0 atom stereocenters. The SMILES string of the molecule is CC(=O)c1ccc(NC(=O)Cc2c(C)nc3nc(C4CCCCC4)nn3c2C)cc1. The largest absolute Gasteiger partial charge is 0.326 e. The average molecular weight is 406 g/mol. The lowest BCUT2D eigenvalue weighted by Gasteiger charge is -2.17. The quantitative estimate of drug-likeness (QED) is 0.644. The molecule has 3 aromatic rings. The number of Topliss-reactive ketones (excluding diaryl/α,β-unsaturated/α-hetero) is 1. The topological polar surface area (TPSA) is 89.2 Å². The molecular weight excluding hydrogens is 378 g/mol. The van der Waals surface area contributed by atoms with Crippen LogP contribution in [-0.2, 0) is 11.2 Å². The number of nitrogens with zero attached hydrogens (tertiary/aromatic N) is 4. The zero-order valence-electron chi connectivity index (χ0n) is 17.7. The van der Waals surface area contributed by atoms with Gasteiger partial charge in [-0.3, -0.25) is 9.59 Å². The number of ketones is 1. The number of hydrogen-bond acceptors (Lipinski definition) is 5. The Labute approximate surface area is 175 Å². The van der Waals surface area contributed by atoms with Crippen LogP contribution in [0.1, 0.15) is 78.1 Å². The summed E-state index contributed by atoms with van der Waals surface area (Å²) in [5, 5.41) is 7.63. The van der Waals surface area contributed by atoms with Crippen LogP contribution in [0.25, 0.3) is 5.78 Å². The summed E-state index contributed by atoms with van der Waals surface area (Å²) in [6.07, 6.45) is 6.21. The van der Waals surface area contributed by atoms with Gasteiger partial charge in [-0.1, -0.05) is 19.3 Å². The maximum absolute atomic E-state index is 12.6. The molecule has 2 heterocycles. The normalized spacial score (nSPS) is 14.8. The number of carbonyl (C=O) groups excluding carboxylic acids is 2. The van der Waals surface area contributed by atoms with Crippen molar-refractivity contribution in [1.82, 2.24) is 19.6 Å². The number of hydrogen-bond donors (Lipinski definition) is 1. The van der Waals surface area contributed by atoms with Gasteiger partial charge in [-0.15, -0.1) is 5.10 Å². The summed E-state index contributed by atoms with van der Waals surface area (Å²) in [6, 6.07) is 6.90. The highest BCUT2D eigenvalue weighted by Gasteiger charge is 2.22. The Morgan fingerprint density at radius 2 is 1.77 bits per heavy atom. The highest BCUT2D eigenvalue weighted by molar-refractivity contribution is 5.96. The second-order valence-electron chi connectivity index (χ2n) is 8.14. The van der Waals surface area contributed by atoms with Gasteiger partial charge in [0.05, 0.1) is 6.42 Å². The number of rotatable bonds is 5. The number of nitrogens with one attached hydrogen (secondary N) is 1. The highest BCUT2D eigenvalue weighted by Crippen LogP contribution is 2.31. The lowest BCUT2D eigenvalue weighted by molar-refractivity contribution is -0.115. The van der Waals surface area contributed by atoms with Gasteiger partial charge in [-0.05, 0) is 57.9 Å². The first-order valence-electron chi connectivity index (χ1n) is 10.6. The molecule has 0 bridgehead atoms. The fraction of sp³-hybridized carbons (Fsp3) is 0.435. The maximum Gasteiger partial charge on any atom is 0.252 e. The number of aromatic nitrogens is 4. The summed E-state index contributed by atoms with van der Waals surface area (Å²) in [7, 11) is 0. The van der Waals surface area contributed by atoms with Crippen molar-refractivity contribution in [2.75, 3.05) is 5.32 Å². The summed E-state index contributed by atoms with van der Waals surface area (Å²) in [5.41, 5.74) is 3.84. The number of fused-ring (bicyclic) bond motifs is 1. The zero-order chi connectivity index (χ0) is 21.3. The molecule has 0 aliphatic heterocycles. The Balaban J connectivity index is 1.54. The number of benzene rings is 1. The number of anilines is 1. The van der Waals surface area contributed by atoms with Crippen LogP contribution >= 0.6 is 0 Å². The van der Waals surface area contributed by atoms with Crippen molar-refractivity contribution in [3.63, 3.8) is 0 Å². The fourth-order valence-corrected chi connectivity index (χ4v) is 4.17. The van der Waals surface area contributed by atoms with Gasteiger partial charge < -0.3 is 5.32 Å². The van der Waals surface area contributed by atoms with Crippen LogP contribution in [0.15, 0.2) is 24.3 Å². The molecule has 0 radical (unpaired) electrons. The Morgan fingerprint density at radius 3 is 2.43 bits per heavy atom. The summed E-state index contributed by atoms with van der Waals surface area (Å²) in [4.78, 5) is 33.3. The zero-order valence-corrected chi connectivity index (χ0v) is 17.7. The standard InChI is InChI=1S/C23H27N5O2/c1-14-20(13-21(30)25-19-11-9-17(10-12-19)16(3)29)15(2)28-23(24-14)26-22(27-28)18-7-5-4-6-8-18/h9-12,18H,4-8,13H2,1-3H3,(H,25,30). The van der Waals surface area contributed by atoms with Gasteiger partial charge in [0, 0.05) is 34.1 Å². The van der Waals surface area contributed by atoms with Crippen LogP contribution in [-0.4, -0.2) is 31.3 Å². The van der Waals surface area contributed by atoms with E-state index in [9.17, 15) is 9.59 Å². The van der Waals surface area contributed by atoms with Crippen molar-refractivity contribution in [1.29, 1.82) is 0 Å². The minimum absolute atomic E-state index is 0.000990. The van der Waals surface area contributed by atoms with Gasteiger partial charge in [0.15, 0.2) is 11.6 Å². The molecule has 1 aliphatic carbocycles. The molecule has 0 saturated heterocycles. The third-order valence-electron chi connectivity index (χ3n) is 5.95.